The van der Waals surface area contributed by atoms with Crippen molar-refractivity contribution in [1.82, 2.24) is 9.97 Å². The van der Waals surface area contributed by atoms with E-state index in [-0.39, 0.29) is 47.5 Å². The molecule has 0 spiro atoms. The van der Waals surface area contributed by atoms with E-state index < -0.39 is 11.6 Å². The van der Waals surface area contributed by atoms with Gasteiger partial charge in [-0.25, -0.2) is 13.8 Å². The molecule has 0 fully saturated rings. The fraction of sp³-hybridized carbons (Fsp3) is 0.154. The number of aryl methyl sites for hydroxylation is 1. The molecule has 8 nitrogen and oxygen atoms in total. The van der Waals surface area contributed by atoms with Crippen LogP contribution < -0.4 is 10.5 Å². The van der Waals surface area contributed by atoms with Crippen molar-refractivity contribution in [1.29, 1.82) is 10.5 Å². The van der Waals surface area contributed by atoms with E-state index >= 15 is 0 Å². The molecular formula is C26H19F2N5O3. The first kappa shape index (κ1) is 24.3. The number of nitrogens with zero attached hydrogens (tertiary/aromatic N) is 4. The molecule has 180 valence electrons. The van der Waals surface area contributed by atoms with Gasteiger partial charge >= 0.3 is 0 Å². The van der Waals surface area contributed by atoms with Gasteiger partial charge in [-0.05, 0) is 42.2 Å². The average Bonchev–Trinajstić information content (AvgIpc) is 3.37. The van der Waals surface area contributed by atoms with Crippen molar-refractivity contribution in [2.45, 2.75) is 19.4 Å². The molecule has 0 bridgehead atoms. The van der Waals surface area contributed by atoms with E-state index in [0.717, 1.165) is 17.7 Å². The van der Waals surface area contributed by atoms with Crippen LogP contribution in [-0.4, -0.2) is 21.7 Å². The molecule has 36 heavy (non-hydrogen) atoms. The van der Waals surface area contributed by atoms with Crippen LogP contribution in [0.1, 0.15) is 28.8 Å². The zero-order valence-electron chi connectivity index (χ0n) is 18.8. The lowest BCUT2D eigenvalue weighted by molar-refractivity contribution is 0.288. The minimum Gasteiger partial charge on any atom is -0.470 e. The number of halogens is 2. The smallest absolute Gasteiger partial charge is 0.234 e. The van der Waals surface area contributed by atoms with Crippen molar-refractivity contribution in [3.05, 3.63) is 82.7 Å². The number of rotatable bonds is 8. The molecule has 0 atom stereocenters. The third kappa shape index (κ3) is 4.99. The molecule has 0 aliphatic heterocycles. The van der Waals surface area contributed by atoms with Crippen LogP contribution in [0.25, 0.3) is 22.6 Å². The van der Waals surface area contributed by atoms with Gasteiger partial charge in [0.2, 0.25) is 11.8 Å². The highest BCUT2D eigenvalue weighted by Crippen LogP contribution is 2.35. The number of hydrogen-bond donors (Lipinski definition) is 2. The second-order valence-electron chi connectivity index (χ2n) is 7.74. The molecule has 0 saturated carbocycles. The highest BCUT2D eigenvalue weighted by Gasteiger charge is 2.22. The van der Waals surface area contributed by atoms with Crippen molar-refractivity contribution < 1.29 is 23.0 Å². The molecule has 10 heteroatoms. The molecule has 2 aromatic heterocycles. The van der Waals surface area contributed by atoms with Crippen molar-refractivity contribution >= 4 is 5.82 Å². The number of nitrogens with two attached hydrogens (primary N) is 1. The van der Waals surface area contributed by atoms with Gasteiger partial charge in [0.15, 0.2) is 11.6 Å². The zero-order valence-corrected chi connectivity index (χ0v) is 18.8. The maximum Gasteiger partial charge on any atom is 0.234 e. The Balaban J connectivity index is 1.63. The van der Waals surface area contributed by atoms with E-state index in [1.165, 1.54) is 12.3 Å². The van der Waals surface area contributed by atoms with E-state index in [9.17, 15) is 19.3 Å². The molecule has 0 unspecified atom stereocenters. The number of aliphatic hydroxyl groups is 1. The van der Waals surface area contributed by atoms with Crippen LogP contribution in [0, 0.1) is 34.3 Å². The van der Waals surface area contributed by atoms with Crippen LogP contribution in [0.4, 0.5) is 14.6 Å². The molecule has 2 aromatic carbocycles. The summed E-state index contributed by atoms with van der Waals surface area (Å²) in [5.41, 5.74) is 8.49. The first-order valence-electron chi connectivity index (χ1n) is 10.8. The minimum atomic E-state index is -1.03. The third-order valence-electron chi connectivity index (χ3n) is 5.36. The summed E-state index contributed by atoms with van der Waals surface area (Å²) in [5.74, 6) is -2.16. The number of ether oxygens (including phenoxy) is 1. The Bertz CT molecular complexity index is 1490. The lowest BCUT2D eigenvalue weighted by Gasteiger charge is -2.13. The van der Waals surface area contributed by atoms with Gasteiger partial charge in [-0.2, -0.15) is 15.5 Å². The van der Waals surface area contributed by atoms with Crippen LogP contribution in [-0.2, 0) is 13.0 Å². The van der Waals surface area contributed by atoms with Crippen molar-refractivity contribution in [3.8, 4) is 40.6 Å². The fourth-order valence-corrected chi connectivity index (χ4v) is 3.59. The van der Waals surface area contributed by atoms with E-state index in [2.05, 4.69) is 9.97 Å². The van der Waals surface area contributed by atoms with Crippen LogP contribution in [0.2, 0.25) is 0 Å². The molecule has 4 aromatic rings. The number of aromatic nitrogens is 2. The van der Waals surface area contributed by atoms with Gasteiger partial charge in [0.25, 0.3) is 0 Å². The lowest BCUT2D eigenvalue weighted by Crippen LogP contribution is -2.06. The maximum absolute atomic E-state index is 13.5. The topological polar surface area (TPSA) is 142 Å². The first-order chi connectivity index (χ1) is 17.4. The number of pyridine rings is 1. The third-order valence-corrected chi connectivity index (χ3v) is 5.36. The Morgan fingerprint density at radius 1 is 0.972 bits per heavy atom. The summed E-state index contributed by atoms with van der Waals surface area (Å²) in [6.07, 6.45) is 2.58. The van der Waals surface area contributed by atoms with Gasteiger partial charge in [0, 0.05) is 17.7 Å². The van der Waals surface area contributed by atoms with Crippen LogP contribution in [0.3, 0.4) is 0 Å². The van der Waals surface area contributed by atoms with E-state index in [4.69, 9.17) is 20.0 Å². The van der Waals surface area contributed by atoms with Gasteiger partial charge in [-0.3, -0.25) is 0 Å². The molecule has 2 heterocycles. The van der Waals surface area contributed by atoms with E-state index in [0.29, 0.717) is 29.7 Å². The quantitative estimate of drug-likeness (QED) is 0.370. The van der Waals surface area contributed by atoms with E-state index in [1.54, 1.807) is 12.1 Å². The number of aliphatic hydroxyl groups excluding tert-OH is 1. The van der Waals surface area contributed by atoms with Crippen molar-refractivity contribution in [2.24, 2.45) is 0 Å². The summed E-state index contributed by atoms with van der Waals surface area (Å²) in [6.45, 7) is -0.0893. The summed E-state index contributed by atoms with van der Waals surface area (Å²) in [4.78, 5) is 8.29. The number of hydrogen-bond acceptors (Lipinski definition) is 8. The summed E-state index contributed by atoms with van der Waals surface area (Å²) in [5, 5.41) is 28.6. The summed E-state index contributed by atoms with van der Waals surface area (Å²) in [6, 6.07) is 14.5. The normalized spacial score (nSPS) is 10.6. The Morgan fingerprint density at radius 3 is 2.36 bits per heavy atom. The highest BCUT2D eigenvalue weighted by atomic mass is 19.2. The molecule has 3 N–H and O–H groups in total. The zero-order chi connectivity index (χ0) is 25.7. The highest BCUT2D eigenvalue weighted by molar-refractivity contribution is 5.82. The predicted molar refractivity (Wildman–Crippen MR) is 125 cm³/mol. The summed E-state index contributed by atoms with van der Waals surface area (Å²) >= 11 is 0. The van der Waals surface area contributed by atoms with Gasteiger partial charge in [-0.1, -0.05) is 24.3 Å². The van der Waals surface area contributed by atoms with Crippen LogP contribution in [0.15, 0.2) is 53.1 Å². The number of nitrogen functional groups attached to an aromatic ring is 1. The number of oxazole rings is 1. The van der Waals surface area contributed by atoms with Gasteiger partial charge in [0.05, 0.1) is 0 Å². The Morgan fingerprint density at radius 2 is 1.69 bits per heavy atom. The molecular weight excluding hydrogens is 468 g/mol. The average molecular weight is 487 g/mol. The largest absolute Gasteiger partial charge is 0.470 e. The Labute approximate surface area is 204 Å². The maximum atomic E-state index is 13.5. The SMILES string of the molecule is N#Cc1c(N)nc(OCc2coc(-c3ccc(F)c(F)c3)n2)c(C#N)c1-c1ccc(CCCO)cc1. The Hall–Kier alpha value is -4.80. The molecule has 0 aliphatic carbocycles. The van der Waals surface area contributed by atoms with Crippen molar-refractivity contribution in [2.75, 3.05) is 12.3 Å². The second kappa shape index (κ2) is 10.6. The van der Waals surface area contributed by atoms with Crippen LogP contribution in [0.5, 0.6) is 5.88 Å². The summed E-state index contributed by atoms with van der Waals surface area (Å²) in [7, 11) is 0. The standard InChI is InChI=1S/C26H19F2N5O3/c27-21-8-7-17(10-22(21)28)25-32-18(13-35-25)14-36-26-20(12-30)23(19(11-29)24(31)33-26)16-5-3-15(4-6-16)2-1-9-34/h3-8,10,13,34H,1-2,9,14H2,(H2,31,33). The number of nitriles is 2. The molecule has 0 radical (unpaired) electrons. The minimum absolute atomic E-state index is 0.0215. The summed E-state index contributed by atoms with van der Waals surface area (Å²) < 4.78 is 37.8. The number of benzene rings is 2. The van der Waals surface area contributed by atoms with Crippen LogP contribution >= 0.6 is 0 Å². The fourth-order valence-electron chi connectivity index (χ4n) is 3.59. The lowest BCUT2D eigenvalue weighted by atomic mass is 9.95. The molecule has 4 rings (SSSR count). The second-order valence-corrected chi connectivity index (χ2v) is 7.74. The first-order valence-corrected chi connectivity index (χ1v) is 10.8. The van der Waals surface area contributed by atoms with Gasteiger partial charge in [0.1, 0.15) is 47.6 Å². The molecule has 0 amide bonds. The van der Waals surface area contributed by atoms with Crippen molar-refractivity contribution in [3.63, 3.8) is 0 Å². The van der Waals surface area contributed by atoms with Gasteiger partial charge in [-0.15, -0.1) is 0 Å². The number of anilines is 1. The molecule has 0 saturated heterocycles. The van der Waals surface area contributed by atoms with E-state index in [1.807, 2.05) is 24.3 Å². The predicted octanol–water partition coefficient (Wildman–Crippen LogP) is 4.51. The monoisotopic (exact) mass is 487 g/mol. The van der Waals surface area contributed by atoms with Gasteiger partial charge < -0.3 is 20.0 Å². The molecule has 0 aliphatic rings. The Kier molecular flexibility index (Phi) is 7.19.